The molecule has 1 aromatic heterocycles. The van der Waals surface area contributed by atoms with Gasteiger partial charge in [-0.3, -0.25) is 14.5 Å². The molecule has 6 nitrogen and oxygen atoms in total. The molecule has 29 heavy (non-hydrogen) atoms. The van der Waals surface area contributed by atoms with Crippen LogP contribution in [0.5, 0.6) is 0 Å². The van der Waals surface area contributed by atoms with E-state index in [1.807, 2.05) is 19.2 Å². The minimum Gasteiger partial charge on any atom is -0.355 e. The van der Waals surface area contributed by atoms with Gasteiger partial charge >= 0.3 is 0 Å². The van der Waals surface area contributed by atoms with E-state index in [1.165, 1.54) is 25.7 Å². The number of hydrogen-bond donors (Lipinski definition) is 1. The van der Waals surface area contributed by atoms with Crippen molar-refractivity contribution in [2.45, 2.75) is 70.9 Å². The van der Waals surface area contributed by atoms with Crippen LogP contribution in [0.4, 0.5) is 0 Å². The summed E-state index contributed by atoms with van der Waals surface area (Å²) in [6.45, 7) is 7.58. The van der Waals surface area contributed by atoms with Gasteiger partial charge in [-0.1, -0.05) is 13.3 Å². The first-order valence-corrected chi connectivity index (χ1v) is 12.1. The predicted octanol–water partition coefficient (Wildman–Crippen LogP) is 2.61. The van der Waals surface area contributed by atoms with E-state index in [4.69, 9.17) is 0 Å². The number of hydrogen-bond acceptors (Lipinski definition) is 5. The van der Waals surface area contributed by atoms with Crippen LogP contribution in [0.15, 0.2) is 5.38 Å². The summed E-state index contributed by atoms with van der Waals surface area (Å²) in [6, 6.07) is 0.916. The van der Waals surface area contributed by atoms with Crippen LogP contribution in [-0.2, 0) is 16.0 Å². The molecule has 4 rings (SSSR count). The second kappa shape index (κ2) is 9.13. The summed E-state index contributed by atoms with van der Waals surface area (Å²) in [5.74, 6) is 1.39. The molecule has 4 atom stereocenters. The van der Waals surface area contributed by atoms with Gasteiger partial charge in [0.2, 0.25) is 11.8 Å². The predicted molar refractivity (Wildman–Crippen MR) is 115 cm³/mol. The largest absolute Gasteiger partial charge is 0.355 e. The summed E-state index contributed by atoms with van der Waals surface area (Å²) in [6.07, 6.45) is 6.84. The molecule has 1 aromatic rings. The number of amides is 2. The van der Waals surface area contributed by atoms with Gasteiger partial charge in [0, 0.05) is 43.5 Å². The van der Waals surface area contributed by atoms with Gasteiger partial charge in [0.15, 0.2) is 0 Å². The Morgan fingerprint density at radius 3 is 2.86 bits per heavy atom. The number of nitrogens with zero attached hydrogens (tertiary/aromatic N) is 3. The Morgan fingerprint density at radius 2 is 2.10 bits per heavy atom. The van der Waals surface area contributed by atoms with Gasteiger partial charge in [-0.15, -0.1) is 11.3 Å². The summed E-state index contributed by atoms with van der Waals surface area (Å²) < 4.78 is 0. The lowest BCUT2D eigenvalue weighted by molar-refractivity contribution is -0.140. The first-order valence-electron chi connectivity index (χ1n) is 11.3. The molecule has 3 saturated heterocycles. The molecular formula is C22H34N4O2S. The lowest BCUT2D eigenvalue weighted by Crippen LogP contribution is -2.66. The molecule has 0 aliphatic carbocycles. The van der Waals surface area contributed by atoms with E-state index < -0.39 is 0 Å². The summed E-state index contributed by atoms with van der Waals surface area (Å²) in [5, 5.41) is 6.21. The molecular weight excluding hydrogens is 384 g/mol. The zero-order valence-electron chi connectivity index (χ0n) is 17.7. The molecule has 0 radical (unpaired) electrons. The lowest BCUT2D eigenvalue weighted by atomic mass is 9.72. The van der Waals surface area contributed by atoms with E-state index in [9.17, 15) is 9.59 Å². The van der Waals surface area contributed by atoms with E-state index in [2.05, 4.69) is 20.1 Å². The van der Waals surface area contributed by atoms with Crippen molar-refractivity contribution in [3.8, 4) is 0 Å². The van der Waals surface area contributed by atoms with E-state index >= 15 is 0 Å². The Hall–Kier alpha value is -1.47. The number of fused-ring (bicyclic) bond motifs is 4. The number of piperidine rings is 3. The van der Waals surface area contributed by atoms with E-state index in [0.717, 1.165) is 43.3 Å². The molecule has 0 unspecified atom stereocenters. The number of carbonyl (C=O) groups is 2. The van der Waals surface area contributed by atoms with Gasteiger partial charge < -0.3 is 10.2 Å². The maximum atomic E-state index is 13.0. The molecule has 2 bridgehead atoms. The Kier molecular flexibility index (Phi) is 6.54. The standard InChI is InChI=1S/C22H34N4O2S/c1-3-6-21(27)23-11-20-17-9-16(19-7-4-5-8-26(19)20)12-25(13-17)22(28)10-18-14-29-15(2)24-18/h14,16-17,19-20H,3-13H2,1-2H3,(H,23,27)/t16-,17+,19+,20+/m1/s1. The highest BCUT2D eigenvalue weighted by Crippen LogP contribution is 2.41. The first-order chi connectivity index (χ1) is 14.0. The number of rotatable bonds is 6. The molecule has 160 valence electrons. The van der Waals surface area contributed by atoms with Gasteiger partial charge in [0.25, 0.3) is 0 Å². The van der Waals surface area contributed by atoms with Gasteiger partial charge in [-0.05, 0) is 51.0 Å². The number of nitrogens with one attached hydrogen (secondary N) is 1. The van der Waals surface area contributed by atoms with Crippen LogP contribution < -0.4 is 5.32 Å². The molecule has 3 aliphatic heterocycles. The van der Waals surface area contributed by atoms with Crippen LogP contribution in [0.1, 0.15) is 56.2 Å². The SMILES string of the molecule is CCCC(=O)NC[C@H]1[C@H]2C[C@H](CN(C(=O)Cc3csc(C)n3)C2)[C@@H]2CCCCN21. The van der Waals surface area contributed by atoms with Crippen molar-refractivity contribution >= 4 is 23.2 Å². The highest BCUT2D eigenvalue weighted by molar-refractivity contribution is 7.09. The van der Waals surface area contributed by atoms with Crippen LogP contribution >= 0.6 is 11.3 Å². The minimum absolute atomic E-state index is 0.158. The third-order valence-corrected chi connectivity index (χ3v) is 7.78. The van der Waals surface area contributed by atoms with Gasteiger partial charge in [-0.25, -0.2) is 4.98 Å². The van der Waals surface area contributed by atoms with Crippen molar-refractivity contribution in [2.75, 3.05) is 26.2 Å². The molecule has 7 heteroatoms. The van der Waals surface area contributed by atoms with Gasteiger partial charge in [0.05, 0.1) is 17.1 Å². The molecule has 1 N–H and O–H groups in total. The third kappa shape index (κ3) is 4.66. The number of thiazole rings is 1. The number of aryl methyl sites for hydroxylation is 1. The van der Waals surface area contributed by atoms with E-state index in [0.29, 0.717) is 36.8 Å². The first kappa shape index (κ1) is 20.8. The van der Waals surface area contributed by atoms with Crippen molar-refractivity contribution in [1.29, 1.82) is 0 Å². The molecule has 0 spiro atoms. The monoisotopic (exact) mass is 418 g/mol. The summed E-state index contributed by atoms with van der Waals surface area (Å²) in [5.41, 5.74) is 0.899. The topological polar surface area (TPSA) is 65.5 Å². The molecule has 4 heterocycles. The maximum absolute atomic E-state index is 13.0. The third-order valence-electron chi connectivity index (χ3n) is 6.96. The second-order valence-electron chi connectivity index (χ2n) is 9.01. The second-order valence-corrected chi connectivity index (χ2v) is 10.1. The summed E-state index contributed by atoms with van der Waals surface area (Å²) >= 11 is 1.61. The van der Waals surface area contributed by atoms with Crippen LogP contribution in [0, 0.1) is 18.8 Å². The van der Waals surface area contributed by atoms with Crippen LogP contribution in [0.25, 0.3) is 0 Å². The highest BCUT2D eigenvalue weighted by Gasteiger charge is 2.47. The Labute approximate surface area is 178 Å². The Bertz CT molecular complexity index is 736. The maximum Gasteiger partial charge on any atom is 0.228 e. The van der Waals surface area contributed by atoms with Crippen LogP contribution in [0.3, 0.4) is 0 Å². The quantitative estimate of drug-likeness (QED) is 0.771. The summed E-state index contributed by atoms with van der Waals surface area (Å²) in [7, 11) is 0. The average molecular weight is 419 g/mol. The zero-order valence-corrected chi connectivity index (χ0v) is 18.5. The molecule has 0 aromatic carbocycles. The average Bonchev–Trinajstić information content (AvgIpc) is 3.12. The fourth-order valence-electron chi connectivity index (χ4n) is 5.68. The van der Waals surface area contributed by atoms with Gasteiger partial charge in [0.1, 0.15) is 0 Å². The van der Waals surface area contributed by atoms with Crippen molar-refractivity contribution in [3.05, 3.63) is 16.1 Å². The summed E-state index contributed by atoms with van der Waals surface area (Å²) in [4.78, 5) is 34.4. The number of carbonyl (C=O) groups excluding carboxylic acids is 2. The Morgan fingerprint density at radius 1 is 1.28 bits per heavy atom. The smallest absolute Gasteiger partial charge is 0.228 e. The number of likely N-dealkylation sites (tertiary alicyclic amines) is 1. The van der Waals surface area contributed by atoms with Crippen molar-refractivity contribution < 1.29 is 9.59 Å². The normalized spacial score (nSPS) is 29.4. The fraction of sp³-hybridized carbons (Fsp3) is 0.773. The molecule has 3 fully saturated rings. The minimum atomic E-state index is 0.158. The Balaban J connectivity index is 1.45. The van der Waals surface area contributed by atoms with Crippen LogP contribution in [-0.4, -0.2) is 64.9 Å². The van der Waals surface area contributed by atoms with E-state index in [-0.39, 0.29) is 11.8 Å². The van der Waals surface area contributed by atoms with Crippen LogP contribution in [0.2, 0.25) is 0 Å². The molecule has 3 aliphatic rings. The molecule has 2 amide bonds. The number of aromatic nitrogens is 1. The van der Waals surface area contributed by atoms with Crippen molar-refractivity contribution in [2.24, 2.45) is 11.8 Å². The van der Waals surface area contributed by atoms with E-state index in [1.54, 1.807) is 11.3 Å². The fourth-order valence-corrected chi connectivity index (χ4v) is 6.29. The zero-order chi connectivity index (χ0) is 20.4. The highest BCUT2D eigenvalue weighted by atomic mass is 32.1. The van der Waals surface area contributed by atoms with Gasteiger partial charge in [-0.2, -0.15) is 0 Å². The van der Waals surface area contributed by atoms with Crippen molar-refractivity contribution in [3.63, 3.8) is 0 Å². The molecule has 0 saturated carbocycles. The van der Waals surface area contributed by atoms with Crippen molar-refractivity contribution in [1.82, 2.24) is 20.1 Å². The lowest BCUT2D eigenvalue weighted by Gasteiger charge is -2.56.